The summed E-state index contributed by atoms with van der Waals surface area (Å²) in [5.74, 6) is 2.61. The third-order valence-electron chi connectivity index (χ3n) is 2.91. The van der Waals surface area contributed by atoms with Crippen molar-refractivity contribution in [3.05, 3.63) is 25.8 Å². The molecule has 0 aliphatic carbocycles. The Hall–Kier alpha value is -0.505. The molecular weight excluding hydrogens is 314 g/mol. The van der Waals surface area contributed by atoms with Gasteiger partial charge >= 0.3 is 7.12 Å². The Morgan fingerprint density at radius 1 is 1.19 bits per heavy atom. The van der Waals surface area contributed by atoms with Crippen LogP contribution in [0.5, 0.6) is 0 Å². The predicted octanol–water partition coefficient (Wildman–Crippen LogP) is 1.07. The minimum Gasteiger partial charge on any atom is -0.423 e. The van der Waals surface area contributed by atoms with E-state index in [0.717, 1.165) is 25.8 Å². The standard InChI is InChI=1S/C12H14BIO2/c1-5-6-10-7(2)11(13(15)16)9(4)12(14)8(10)3/h1,15-16H,6H2,2-4H3. The molecule has 0 radical (unpaired) electrons. The number of rotatable bonds is 2. The molecule has 0 atom stereocenters. The topological polar surface area (TPSA) is 40.5 Å². The van der Waals surface area contributed by atoms with Crippen LogP contribution in [0.3, 0.4) is 0 Å². The maximum atomic E-state index is 9.39. The lowest BCUT2D eigenvalue weighted by Gasteiger charge is -2.18. The zero-order chi connectivity index (χ0) is 12.5. The van der Waals surface area contributed by atoms with E-state index in [0.29, 0.717) is 11.9 Å². The zero-order valence-corrected chi connectivity index (χ0v) is 11.8. The third-order valence-corrected chi connectivity index (χ3v) is 4.53. The summed E-state index contributed by atoms with van der Waals surface area (Å²) in [6.45, 7) is 5.80. The summed E-state index contributed by atoms with van der Waals surface area (Å²) in [4.78, 5) is 0. The van der Waals surface area contributed by atoms with Gasteiger partial charge in [0.25, 0.3) is 0 Å². The van der Waals surface area contributed by atoms with E-state index in [1.807, 2.05) is 20.8 Å². The maximum absolute atomic E-state index is 9.39. The molecule has 0 amide bonds. The molecule has 2 N–H and O–H groups in total. The third kappa shape index (κ3) is 2.27. The first-order chi connectivity index (χ1) is 7.41. The molecule has 0 aliphatic rings. The van der Waals surface area contributed by atoms with Crippen LogP contribution in [0.4, 0.5) is 0 Å². The molecule has 4 heteroatoms. The van der Waals surface area contributed by atoms with E-state index in [9.17, 15) is 10.0 Å². The molecule has 16 heavy (non-hydrogen) atoms. The van der Waals surface area contributed by atoms with Crippen molar-refractivity contribution >= 4 is 35.2 Å². The van der Waals surface area contributed by atoms with Gasteiger partial charge in [0.15, 0.2) is 0 Å². The van der Waals surface area contributed by atoms with Gasteiger partial charge in [0.2, 0.25) is 0 Å². The van der Waals surface area contributed by atoms with E-state index < -0.39 is 7.12 Å². The van der Waals surface area contributed by atoms with Crippen molar-refractivity contribution in [2.45, 2.75) is 27.2 Å². The molecule has 1 rings (SSSR count). The Morgan fingerprint density at radius 3 is 2.19 bits per heavy atom. The quantitative estimate of drug-likeness (QED) is 0.485. The van der Waals surface area contributed by atoms with Crippen LogP contribution in [-0.4, -0.2) is 17.2 Å². The lowest BCUT2D eigenvalue weighted by molar-refractivity contribution is 0.425. The van der Waals surface area contributed by atoms with E-state index in [1.54, 1.807) is 0 Å². The number of hydrogen-bond donors (Lipinski definition) is 2. The Bertz CT molecular complexity index is 461. The van der Waals surface area contributed by atoms with Gasteiger partial charge in [-0.15, -0.1) is 12.3 Å². The van der Waals surface area contributed by atoms with Gasteiger partial charge in [-0.05, 0) is 71.1 Å². The summed E-state index contributed by atoms with van der Waals surface area (Å²) in [6, 6.07) is 0. The lowest BCUT2D eigenvalue weighted by atomic mass is 9.72. The molecule has 0 aromatic heterocycles. The van der Waals surface area contributed by atoms with Crippen LogP contribution < -0.4 is 5.46 Å². The van der Waals surface area contributed by atoms with Crippen LogP contribution in [0.1, 0.15) is 22.3 Å². The Morgan fingerprint density at radius 2 is 1.75 bits per heavy atom. The van der Waals surface area contributed by atoms with Crippen LogP contribution in [0.2, 0.25) is 0 Å². The first-order valence-corrected chi connectivity index (χ1v) is 6.07. The average Bonchev–Trinajstić information content (AvgIpc) is 2.21. The summed E-state index contributed by atoms with van der Waals surface area (Å²) >= 11 is 2.22. The minimum absolute atomic E-state index is 0.521. The average molecular weight is 328 g/mol. The molecular formula is C12H14BIO2. The van der Waals surface area contributed by atoms with Crippen molar-refractivity contribution in [2.24, 2.45) is 0 Å². The van der Waals surface area contributed by atoms with Crippen LogP contribution >= 0.6 is 22.6 Å². The van der Waals surface area contributed by atoms with Crippen molar-refractivity contribution in [2.75, 3.05) is 0 Å². The molecule has 0 fully saturated rings. The second-order valence-electron chi connectivity index (χ2n) is 3.84. The highest BCUT2D eigenvalue weighted by atomic mass is 127. The smallest absolute Gasteiger partial charge is 0.423 e. The number of hydrogen-bond acceptors (Lipinski definition) is 2. The largest absolute Gasteiger partial charge is 0.489 e. The van der Waals surface area contributed by atoms with Gasteiger partial charge in [0.1, 0.15) is 0 Å². The monoisotopic (exact) mass is 328 g/mol. The highest BCUT2D eigenvalue weighted by Crippen LogP contribution is 2.22. The van der Waals surface area contributed by atoms with Crippen molar-refractivity contribution in [3.8, 4) is 12.3 Å². The Labute approximate surface area is 110 Å². The molecule has 2 nitrogen and oxygen atoms in total. The molecule has 1 aromatic rings. The number of halogens is 1. The lowest BCUT2D eigenvalue weighted by Crippen LogP contribution is -2.36. The van der Waals surface area contributed by atoms with Gasteiger partial charge in [0, 0.05) is 9.99 Å². The van der Waals surface area contributed by atoms with Crippen molar-refractivity contribution < 1.29 is 10.0 Å². The van der Waals surface area contributed by atoms with Crippen molar-refractivity contribution in [1.82, 2.24) is 0 Å². The second kappa shape index (κ2) is 5.22. The molecule has 1 aromatic carbocycles. The fourth-order valence-electron chi connectivity index (χ4n) is 2.01. The Balaban J connectivity index is 3.60. The van der Waals surface area contributed by atoms with Crippen LogP contribution in [0.15, 0.2) is 0 Å². The van der Waals surface area contributed by atoms with Gasteiger partial charge in [-0.1, -0.05) is 0 Å². The van der Waals surface area contributed by atoms with Gasteiger partial charge < -0.3 is 10.0 Å². The molecule has 0 heterocycles. The van der Waals surface area contributed by atoms with Gasteiger partial charge in [-0.25, -0.2) is 0 Å². The normalized spacial score (nSPS) is 10.1. The van der Waals surface area contributed by atoms with Gasteiger partial charge in [-0.3, -0.25) is 0 Å². The van der Waals surface area contributed by atoms with Gasteiger partial charge in [0.05, 0.1) is 0 Å². The summed E-state index contributed by atoms with van der Waals surface area (Å²) in [7, 11) is -1.44. The predicted molar refractivity (Wildman–Crippen MR) is 75.7 cm³/mol. The van der Waals surface area contributed by atoms with Gasteiger partial charge in [-0.2, -0.15) is 0 Å². The van der Waals surface area contributed by atoms with Crippen LogP contribution in [-0.2, 0) is 6.42 Å². The van der Waals surface area contributed by atoms with Crippen LogP contribution in [0.25, 0.3) is 0 Å². The van der Waals surface area contributed by atoms with E-state index in [2.05, 4.69) is 28.5 Å². The highest BCUT2D eigenvalue weighted by Gasteiger charge is 2.22. The van der Waals surface area contributed by atoms with E-state index in [-0.39, 0.29) is 0 Å². The summed E-state index contributed by atoms with van der Waals surface area (Å²) < 4.78 is 1.05. The molecule has 0 bridgehead atoms. The Kier molecular flexibility index (Phi) is 4.42. The molecule has 0 aliphatic heterocycles. The molecule has 0 spiro atoms. The molecule has 84 valence electrons. The summed E-state index contributed by atoms with van der Waals surface area (Å²) in [5, 5.41) is 18.8. The van der Waals surface area contributed by atoms with E-state index in [4.69, 9.17) is 6.42 Å². The fourth-order valence-corrected chi connectivity index (χ4v) is 2.63. The number of benzene rings is 1. The fraction of sp³-hybridized carbons (Fsp3) is 0.333. The first kappa shape index (κ1) is 13.6. The molecule has 0 unspecified atom stereocenters. The number of terminal acetylenes is 1. The second-order valence-corrected chi connectivity index (χ2v) is 4.91. The van der Waals surface area contributed by atoms with E-state index in [1.165, 1.54) is 0 Å². The molecule has 0 saturated heterocycles. The molecule has 0 saturated carbocycles. The van der Waals surface area contributed by atoms with E-state index >= 15 is 0 Å². The zero-order valence-electron chi connectivity index (χ0n) is 9.63. The SMILES string of the molecule is C#CCc1c(C)c(I)c(C)c(B(O)O)c1C. The highest BCUT2D eigenvalue weighted by molar-refractivity contribution is 14.1. The summed E-state index contributed by atoms with van der Waals surface area (Å²) in [6.07, 6.45) is 5.86. The first-order valence-electron chi connectivity index (χ1n) is 4.99. The summed E-state index contributed by atoms with van der Waals surface area (Å²) in [5.41, 5.74) is 4.56. The van der Waals surface area contributed by atoms with Crippen molar-refractivity contribution in [3.63, 3.8) is 0 Å². The maximum Gasteiger partial charge on any atom is 0.489 e. The minimum atomic E-state index is -1.44. The van der Waals surface area contributed by atoms with Crippen LogP contribution in [0, 0.1) is 36.7 Å². The van der Waals surface area contributed by atoms with Crippen molar-refractivity contribution in [1.29, 1.82) is 0 Å².